The van der Waals surface area contributed by atoms with Gasteiger partial charge >= 0.3 is 7.69 Å². The molecule has 0 aliphatic heterocycles. The summed E-state index contributed by atoms with van der Waals surface area (Å²) < 4.78 is 0. The molecule has 1 unspecified atom stereocenters. The highest BCUT2D eigenvalue weighted by molar-refractivity contribution is 6.13. The molecular formula is C6H17BO4. The molecule has 0 radical (unpaired) electrons. The van der Waals surface area contributed by atoms with Crippen molar-refractivity contribution in [2.24, 2.45) is 0 Å². The summed E-state index contributed by atoms with van der Waals surface area (Å²) in [6.07, 6.45) is 0.0301. The molecule has 0 amide bonds. The second kappa shape index (κ2) is 6.60. The molecular weight excluding hydrogens is 147 g/mol. The topological polar surface area (TPSA) is 80.9 Å². The smallest absolute Gasteiger partial charge is 0.430 e. The van der Waals surface area contributed by atoms with Crippen molar-refractivity contribution in [2.45, 2.75) is 38.9 Å². The molecule has 11 heavy (non-hydrogen) atoms. The van der Waals surface area contributed by atoms with Crippen molar-refractivity contribution in [3.05, 3.63) is 0 Å². The van der Waals surface area contributed by atoms with Crippen molar-refractivity contribution < 1.29 is 20.3 Å². The monoisotopic (exact) mass is 164 g/mol. The van der Waals surface area contributed by atoms with Gasteiger partial charge in [-0.25, -0.2) is 0 Å². The normalized spacial score (nSPS) is 13.0. The molecule has 5 heteroatoms. The molecule has 1 atom stereocenters. The van der Waals surface area contributed by atoms with Gasteiger partial charge < -0.3 is 20.3 Å². The number of hydrogen-bond acceptors (Lipinski definition) is 4. The zero-order valence-electron chi connectivity index (χ0n) is 7.28. The van der Waals surface area contributed by atoms with Crippen LogP contribution in [0.1, 0.15) is 27.2 Å². The Morgan fingerprint density at radius 1 is 1.36 bits per heavy atom. The first-order valence-electron chi connectivity index (χ1n) is 3.45. The predicted octanol–water partition coefficient (Wildman–Crippen LogP) is -1.23. The average molecular weight is 164 g/mol. The van der Waals surface area contributed by atoms with Gasteiger partial charge in [-0.2, -0.15) is 0 Å². The van der Waals surface area contributed by atoms with Gasteiger partial charge in [0.2, 0.25) is 0 Å². The summed E-state index contributed by atoms with van der Waals surface area (Å²) >= 11 is 0. The van der Waals surface area contributed by atoms with Crippen LogP contribution in [0.15, 0.2) is 0 Å². The van der Waals surface area contributed by atoms with Crippen molar-refractivity contribution in [2.75, 3.05) is 0 Å². The third kappa shape index (κ3) is 25.7. The lowest BCUT2D eigenvalue weighted by atomic mass is 10.0. The molecule has 0 spiro atoms. The lowest BCUT2D eigenvalue weighted by Crippen LogP contribution is -2.24. The number of hydrogen-bond donors (Lipinski definition) is 4. The van der Waals surface area contributed by atoms with E-state index in [0.29, 0.717) is 6.42 Å². The van der Waals surface area contributed by atoms with E-state index < -0.39 is 19.4 Å². The lowest BCUT2D eigenvalue weighted by molar-refractivity contribution is 0.0249. The van der Waals surface area contributed by atoms with E-state index in [1.807, 2.05) is 0 Å². The Morgan fingerprint density at radius 2 is 1.64 bits per heavy atom. The third-order valence-electron chi connectivity index (χ3n) is 0.795. The summed E-state index contributed by atoms with van der Waals surface area (Å²) in [6.45, 7) is 5.03. The van der Waals surface area contributed by atoms with E-state index in [2.05, 4.69) is 0 Å². The largest absolute Gasteiger partial charge is 0.432 e. The van der Waals surface area contributed by atoms with Crippen molar-refractivity contribution in [3.63, 3.8) is 0 Å². The van der Waals surface area contributed by atoms with E-state index in [4.69, 9.17) is 20.3 Å². The van der Waals surface area contributed by atoms with Crippen LogP contribution in [0, 0.1) is 0 Å². The molecule has 0 aliphatic rings. The van der Waals surface area contributed by atoms with Gasteiger partial charge in [0.1, 0.15) is 0 Å². The van der Waals surface area contributed by atoms with Crippen LogP contribution in [-0.2, 0) is 0 Å². The Kier molecular flexibility index (Phi) is 8.10. The minimum absolute atomic E-state index is 0.407. The summed E-state index contributed by atoms with van der Waals surface area (Å²) in [5.41, 5.74) is -0.728. The van der Waals surface area contributed by atoms with Crippen LogP contribution in [0.2, 0.25) is 0 Å². The van der Waals surface area contributed by atoms with Crippen LogP contribution in [0.4, 0.5) is 0 Å². The minimum Gasteiger partial charge on any atom is -0.430 e. The van der Waals surface area contributed by atoms with Crippen LogP contribution < -0.4 is 0 Å². The zero-order chi connectivity index (χ0) is 9.49. The molecule has 0 fully saturated rings. The molecule has 4 N–H and O–H groups in total. The summed E-state index contributed by atoms with van der Waals surface area (Å²) in [6, 6.07) is 0. The molecule has 0 aromatic carbocycles. The van der Waals surface area contributed by atoms with Crippen LogP contribution in [-0.4, -0.2) is 39.7 Å². The van der Waals surface area contributed by atoms with E-state index in [9.17, 15) is 0 Å². The van der Waals surface area contributed by atoms with Gasteiger partial charge in [-0.1, -0.05) is 0 Å². The highest BCUT2D eigenvalue weighted by atomic mass is 16.4. The fourth-order valence-electron chi connectivity index (χ4n) is 0.723. The molecule has 0 aromatic rings. The Labute approximate surface area is 67.8 Å². The number of rotatable bonds is 2. The summed E-state index contributed by atoms with van der Waals surface area (Å²) in [5, 5.41) is 32.0. The maximum absolute atomic E-state index is 9.03. The quantitative estimate of drug-likeness (QED) is 0.385. The van der Waals surface area contributed by atoms with Crippen LogP contribution in [0.5, 0.6) is 0 Å². The van der Waals surface area contributed by atoms with Crippen molar-refractivity contribution in [1.29, 1.82) is 0 Å². The van der Waals surface area contributed by atoms with Gasteiger partial charge in [0.25, 0.3) is 0 Å². The second-order valence-corrected chi connectivity index (χ2v) is 3.01. The van der Waals surface area contributed by atoms with Crippen molar-refractivity contribution in [1.82, 2.24) is 0 Å². The van der Waals surface area contributed by atoms with Crippen LogP contribution in [0.3, 0.4) is 0 Å². The maximum Gasteiger partial charge on any atom is 0.432 e. The number of aliphatic hydroxyl groups is 2. The van der Waals surface area contributed by atoms with Crippen LogP contribution in [0.25, 0.3) is 0 Å². The van der Waals surface area contributed by atoms with Gasteiger partial charge in [-0.05, 0) is 20.8 Å². The SMILES string of the molecule is CC(O)CC(C)(C)O.OBO. The fraction of sp³-hybridized carbons (Fsp3) is 1.00. The Hall–Kier alpha value is -0.0951. The zero-order valence-corrected chi connectivity index (χ0v) is 7.28. The summed E-state index contributed by atoms with van der Waals surface area (Å²) in [5.74, 6) is 0. The van der Waals surface area contributed by atoms with E-state index >= 15 is 0 Å². The molecule has 68 valence electrons. The Bertz CT molecular complexity index is 79.1. The molecule has 0 saturated carbocycles. The number of aliphatic hydroxyl groups excluding tert-OH is 1. The van der Waals surface area contributed by atoms with Gasteiger partial charge in [0.05, 0.1) is 11.7 Å². The van der Waals surface area contributed by atoms with Gasteiger partial charge in [-0.3, -0.25) is 0 Å². The standard InChI is InChI=1S/C6H14O2.BH3O2/c1-5(7)4-6(2,3)8;2-1-3/h5,7-8H,4H2,1-3H3;1-3H. The molecule has 0 aromatic heterocycles. The van der Waals surface area contributed by atoms with Gasteiger partial charge in [0.15, 0.2) is 0 Å². The van der Waals surface area contributed by atoms with Crippen LogP contribution >= 0.6 is 0 Å². The average Bonchev–Trinajstić information content (AvgIpc) is 1.57. The fourth-order valence-corrected chi connectivity index (χ4v) is 0.723. The first-order chi connectivity index (χ1) is 4.83. The maximum atomic E-state index is 9.03. The van der Waals surface area contributed by atoms with Gasteiger partial charge in [-0.15, -0.1) is 0 Å². The molecule has 0 aliphatic carbocycles. The minimum atomic E-state index is -0.750. The second-order valence-electron chi connectivity index (χ2n) is 3.01. The molecule has 4 nitrogen and oxygen atoms in total. The molecule has 0 rings (SSSR count). The van der Waals surface area contributed by atoms with Crippen molar-refractivity contribution >= 4 is 7.69 Å². The molecule has 0 bridgehead atoms. The van der Waals surface area contributed by atoms with E-state index in [1.54, 1.807) is 20.8 Å². The summed E-state index contributed by atoms with van der Waals surface area (Å²) in [7, 11) is -0.750. The summed E-state index contributed by atoms with van der Waals surface area (Å²) in [4.78, 5) is 0. The Balaban J connectivity index is 0. The first-order valence-corrected chi connectivity index (χ1v) is 3.45. The molecule has 0 saturated heterocycles. The predicted molar refractivity (Wildman–Crippen MR) is 44.2 cm³/mol. The van der Waals surface area contributed by atoms with Crippen molar-refractivity contribution in [3.8, 4) is 0 Å². The Morgan fingerprint density at radius 3 is 1.64 bits per heavy atom. The first kappa shape index (κ1) is 13.5. The van der Waals surface area contributed by atoms with E-state index in [-0.39, 0.29) is 0 Å². The van der Waals surface area contributed by atoms with E-state index in [0.717, 1.165) is 0 Å². The highest BCUT2D eigenvalue weighted by Crippen LogP contribution is 2.09. The van der Waals surface area contributed by atoms with Gasteiger partial charge in [0, 0.05) is 6.42 Å². The van der Waals surface area contributed by atoms with E-state index in [1.165, 1.54) is 0 Å². The molecule has 0 heterocycles. The third-order valence-corrected chi connectivity index (χ3v) is 0.795. The lowest BCUT2D eigenvalue weighted by Gasteiger charge is -2.17. The highest BCUT2D eigenvalue weighted by Gasteiger charge is 2.14.